The third-order valence-electron chi connectivity index (χ3n) is 3.32. The highest BCUT2D eigenvalue weighted by molar-refractivity contribution is 7.89. The Balaban J connectivity index is 2.25. The van der Waals surface area contributed by atoms with Crippen LogP contribution in [0.2, 0.25) is 0 Å². The van der Waals surface area contributed by atoms with Gasteiger partial charge in [-0.1, -0.05) is 25.3 Å². The van der Waals surface area contributed by atoms with Crippen LogP contribution in [0.15, 0.2) is 34.1 Å². The predicted molar refractivity (Wildman–Crippen MR) is 71.9 cm³/mol. The second-order valence-electron chi connectivity index (χ2n) is 4.87. The van der Waals surface area contributed by atoms with Crippen molar-refractivity contribution in [3.05, 3.63) is 24.3 Å². The lowest BCUT2D eigenvalue weighted by Gasteiger charge is -2.22. The number of benzene rings is 1. The lowest BCUT2D eigenvalue weighted by Crippen LogP contribution is -2.36. The smallest absolute Gasteiger partial charge is 0.208 e. The van der Waals surface area contributed by atoms with Crippen LogP contribution in [0.1, 0.15) is 32.1 Å². The van der Waals surface area contributed by atoms with E-state index in [2.05, 4.69) is 4.72 Å². The molecular weight excluding hydrogens is 305 g/mol. The van der Waals surface area contributed by atoms with Gasteiger partial charge in [-0.3, -0.25) is 0 Å². The summed E-state index contributed by atoms with van der Waals surface area (Å²) in [5.74, 6) is 0. The van der Waals surface area contributed by atoms with E-state index in [-0.39, 0.29) is 10.9 Å². The van der Waals surface area contributed by atoms with Crippen molar-refractivity contribution in [3.63, 3.8) is 0 Å². The van der Waals surface area contributed by atoms with Crippen LogP contribution in [0.25, 0.3) is 0 Å². The Kier molecular flexibility index (Phi) is 4.46. The van der Waals surface area contributed by atoms with Crippen LogP contribution >= 0.6 is 0 Å². The summed E-state index contributed by atoms with van der Waals surface area (Å²) < 4.78 is 61.4. The molecule has 20 heavy (non-hydrogen) atoms. The highest BCUT2D eigenvalue weighted by Gasteiger charge is 2.23. The van der Waals surface area contributed by atoms with Crippen LogP contribution < -0.4 is 4.72 Å². The van der Waals surface area contributed by atoms with Crippen molar-refractivity contribution in [1.29, 1.82) is 0 Å². The Labute approximate surface area is 118 Å². The molecule has 1 fully saturated rings. The highest BCUT2D eigenvalue weighted by atomic mass is 32.3. The Morgan fingerprint density at radius 3 is 2.20 bits per heavy atom. The molecule has 0 unspecified atom stereocenters. The van der Waals surface area contributed by atoms with Gasteiger partial charge in [0.2, 0.25) is 10.0 Å². The fourth-order valence-corrected chi connectivity index (χ4v) is 4.23. The molecule has 1 aliphatic carbocycles. The van der Waals surface area contributed by atoms with Crippen molar-refractivity contribution in [2.75, 3.05) is 0 Å². The summed E-state index contributed by atoms with van der Waals surface area (Å²) in [6, 6.07) is 4.18. The van der Waals surface area contributed by atoms with E-state index in [1.807, 2.05) is 0 Å². The Morgan fingerprint density at radius 2 is 1.60 bits per heavy atom. The van der Waals surface area contributed by atoms with Crippen molar-refractivity contribution in [3.8, 4) is 0 Å². The third-order valence-corrected chi connectivity index (χ3v) is 5.66. The zero-order valence-corrected chi connectivity index (χ0v) is 12.4. The van der Waals surface area contributed by atoms with Crippen molar-refractivity contribution in [2.24, 2.45) is 0 Å². The first-order valence-electron chi connectivity index (χ1n) is 6.36. The second-order valence-corrected chi connectivity index (χ2v) is 7.93. The summed E-state index contributed by atoms with van der Waals surface area (Å²) in [5.41, 5.74) is 0. The number of hydrogen-bond acceptors (Lipinski definition) is 4. The van der Waals surface area contributed by atoms with E-state index in [0.29, 0.717) is 0 Å². The topological polar surface area (TPSA) is 80.3 Å². The average Bonchev–Trinajstić information content (AvgIpc) is 2.38. The summed E-state index contributed by atoms with van der Waals surface area (Å²) in [4.78, 5) is -0.884. The van der Waals surface area contributed by atoms with Crippen LogP contribution in [0.4, 0.5) is 3.89 Å². The molecule has 0 heterocycles. The molecule has 0 aliphatic heterocycles. The van der Waals surface area contributed by atoms with Gasteiger partial charge < -0.3 is 0 Å². The van der Waals surface area contributed by atoms with Crippen LogP contribution in [-0.2, 0) is 20.2 Å². The molecule has 1 aromatic rings. The summed E-state index contributed by atoms with van der Waals surface area (Å²) in [7, 11) is -8.73. The third kappa shape index (κ3) is 3.77. The summed E-state index contributed by atoms with van der Waals surface area (Å²) in [6.07, 6.45) is 4.55. The zero-order chi connectivity index (χ0) is 14.8. The number of nitrogens with one attached hydrogen (secondary N) is 1. The fourth-order valence-electron chi connectivity index (χ4n) is 2.30. The maximum absolute atomic E-state index is 12.9. The van der Waals surface area contributed by atoms with Crippen LogP contribution in [-0.4, -0.2) is 22.9 Å². The molecule has 0 radical (unpaired) electrons. The normalized spacial score (nSPS) is 18.1. The predicted octanol–water partition coefficient (Wildman–Crippen LogP) is 1.96. The first-order chi connectivity index (χ1) is 9.29. The molecule has 112 valence electrons. The molecule has 1 aromatic carbocycles. The molecule has 1 aliphatic rings. The van der Waals surface area contributed by atoms with Gasteiger partial charge in [0, 0.05) is 6.04 Å². The van der Waals surface area contributed by atoms with E-state index in [1.165, 1.54) is 12.1 Å². The van der Waals surface area contributed by atoms with E-state index in [9.17, 15) is 20.7 Å². The average molecular weight is 321 g/mol. The Morgan fingerprint density at radius 1 is 1.00 bits per heavy atom. The van der Waals surface area contributed by atoms with Gasteiger partial charge in [-0.25, -0.2) is 13.1 Å². The van der Waals surface area contributed by atoms with Crippen molar-refractivity contribution in [2.45, 2.75) is 47.9 Å². The minimum Gasteiger partial charge on any atom is -0.208 e. The lowest BCUT2D eigenvalue weighted by molar-refractivity contribution is 0.412. The van der Waals surface area contributed by atoms with Crippen molar-refractivity contribution >= 4 is 20.2 Å². The largest absolute Gasteiger partial charge is 0.332 e. The van der Waals surface area contributed by atoms with E-state index in [4.69, 9.17) is 0 Å². The molecule has 0 amide bonds. The molecule has 8 heteroatoms. The molecule has 0 spiro atoms. The summed E-state index contributed by atoms with van der Waals surface area (Å²) >= 11 is 0. The standard InChI is InChI=1S/C12H16FNO4S2/c13-19(15,16)11-7-4-8-12(9-11)20(17,18)14-10-5-2-1-3-6-10/h4,7-10,14H,1-3,5-6H2. The molecule has 0 saturated heterocycles. The highest BCUT2D eigenvalue weighted by Crippen LogP contribution is 2.21. The van der Waals surface area contributed by atoms with Gasteiger partial charge in [-0.15, -0.1) is 3.89 Å². The number of halogens is 1. The van der Waals surface area contributed by atoms with Gasteiger partial charge in [-0.05, 0) is 31.0 Å². The lowest BCUT2D eigenvalue weighted by atomic mass is 9.96. The van der Waals surface area contributed by atoms with Gasteiger partial charge in [0.1, 0.15) is 0 Å². The molecule has 0 atom stereocenters. The van der Waals surface area contributed by atoms with Gasteiger partial charge in [0.05, 0.1) is 9.79 Å². The quantitative estimate of drug-likeness (QED) is 0.860. The number of sulfonamides is 1. The number of rotatable bonds is 4. The SMILES string of the molecule is O=S(=O)(F)c1cccc(S(=O)(=O)NC2CCCCC2)c1. The molecule has 1 N–H and O–H groups in total. The minimum absolute atomic E-state index is 0.139. The first-order valence-corrected chi connectivity index (χ1v) is 9.23. The first kappa shape index (κ1) is 15.4. The van der Waals surface area contributed by atoms with Gasteiger partial charge in [0.25, 0.3) is 0 Å². The van der Waals surface area contributed by atoms with Crippen LogP contribution in [0, 0.1) is 0 Å². The second kappa shape index (κ2) is 5.79. The fraction of sp³-hybridized carbons (Fsp3) is 0.500. The Bertz CT molecular complexity index is 679. The van der Waals surface area contributed by atoms with Gasteiger partial charge in [-0.2, -0.15) is 8.42 Å². The maximum Gasteiger partial charge on any atom is 0.332 e. The molecule has 1 saturated carbocycles. The van der Waals surface area contributed by atoms with Crippen molar-refractivity contribution < 1.29 is 20.7 Å². The number of hydrogen-bond donors (Lipinski definition) is 1. The van der Waals surface area contributed by atoms with E-state index in [1.54, 1.807) is 0 Å². The van der Waals surface area contributed by atoms with E-state index < -0.39 is 25.1 Å². The minimum atomic E-state index is -4.91. The molecular formula is C12H16FNO4S2. The molecule has 0 bridgehead atoms. The van der Waals surface area contributed by atoms with Crippen LogP contribution in [0.3, 0.4) is 0 Å². The monoisotopic (exact) mass is 321 g/mol. The maximum atomic E-state index is 12.9. The summed E-state index contributed by atoms with van der Waals surface area (Å²) in [6.45, 7) is 0. The van der Waals surface area contributed by atoms with Gasteiger partial charge >= 0.3 is 10.2 Å². The molecule has 0 aromatic heterocycles. The van der Waals surface area contributed by atoms with Crippen LogP contribution in [0.5, 0.6) is 0 Å². The summed E-state index contributed by atoms with van der Waals surface area (Å²) in [5, 5.41) is 0. The van der Waals surface area contributed by atoms with Gasteiger partial charge in [0.15, 0.2) is 0 Å². The van der Waals surface area contributed by atoms with E-state index >= 15 is 0 Å². The van der Waals surface area contributed by atoms with E-state index in [0.717, 1.165) is 44.2 Å². The molecule has 5 nitrogen and oxygen atoms in total. The zero-order valence-electron chi connectivity index (χ0n) is 10.7. The Hall–Kier alpha value is -0.990. The van der Waals surface area contributed by atoms with Crippen molar-refractivity contribution in [1.82, 2.24) is 4.72 Å². The molecule has 2 rings (SSSR count).